The largest absolute Gasteiger partial charge is 0.370 e. The molecule has 24 heavy (non-hydrogen) atoms. The van der Waals surface area contributed by atoms with E-state index in [0.717, 1.165) is 23.7 Å². The van der Waals surface area contributed by atoms with E-state index in [1.807, 2.05) is 6.07 Å². The number of fused-ring (bicyclic) bond motifs is 1. The molecule has 0 aliphatic heterocycles. The Morgan fingerprint density at radius 2 is 1.96 bits per heavy atom. The second-order valence-corrected chi connectivity index (χ2v) is 7.57. The molecule has 1 unspecified atom stereocenters. The van der Waals surface area contributed by atoms with E-state index in [0.29, 0.717) is 6.04 Å². The molecule has 2 nitrogen and oxygen atoms in total. The van der Waals surface area contributed by atoms with Crippen molar-refractivity contribution in [1.29, 1.82) is 0 Å². The van der Waals surface area contributed by atoms with Crippen LogP contribution in [0.2, 0.25) is 0 Å². The normalized spacial score (nSPS) is 24.5. The maximum Gasteiger partial charge on any atom is 0.123 e. The van der Waals surface area contributed by atoms with Crippen LogP contribution in [0.4, 0.5) is 4.39 Å². The van der Waals surface area contributed by atoms with Gasteiger partial charge in [-0.3, -0.25) is 0 Å². The lowest BCUT2D eigenvalue weighted by Gasteiger charge is -2.30. The van der Waals surface area contributed by atoms with Crippen molar-refractivity contribution in [2.75, 3.05) is 0 Å². The molecule has 1 fully saturated rings. The van der Waals surface area contributed by atoms with E-state index < -0.39 is 0 Å². The number of hydrogen-bond acceptors (Lipinski definition) is 2. The lowest BCUT2D eigenvalue weighted by atomic mass is 9.87. The Labute approximate surface area is 145 Å². The van der Waals surface area contributed by atoms with Crippen molar-refractivity contribution in [3.8, 4) is 0 Å². The van der Waals surface area contributed by atoms with Crippen LogP contribution in [0.5, 0.6) is 0 Å². The van der Waals surface area contributed by atoms with Crippen molar-refractivity contribution >= 4 is 5.57 Å². The molecule has 3 rings (SSSR count). The summed E-state index contributed by atoms with van der Waals surface area (Å²) < 4.78 is 13.5. The van der Waals surface area contributed by atoms with Gasteiger partial charge >= 0.3 is 0 Å². The molecule has 0 bridgehead atoms. The summed E-state index contributed by atoms with van der Waals surface area (Å²) in [7, 11) is 0. The number of nitrogens with one attached hydrogen (secondary N) is 2. The molecule has 0 heterocycles. The van der Waals surface area contributed by atoms with Crippen LogP contribution >= 0.6 is 0 Å². The van der Waals surface area contributed by atoms with Crippen LogP contribution in [0, 0.1) is 11.7 Å². The minimum absolute atomic E-state index is 0.160. The molecular weight excluding hydrogens is 299 g/mol. The molecular formula is C21H29FN2. The monoisotopic (exact) mass is 328 g/mol. The smallest absolute Gasteiger partial charge is 0.123 e. The first-order chi connectivity index (χ1) is 11.4. The summed E-state index contributed by atoms with van der Waals surface area (Å²) in [5.41, 5.74) is 4.80. The standard InChI is InChI=1S/C21H29FN2/c1-13-5-9-19(10-6-13)24-16(4)23-15(3)20-11-17-7-8-18(22)12-21(17)14(20)2/h7-8,12-13,15,19,23-24H,4-6,9-11H2,1-3H3. The molecule has 0 amide bonds. The molecule has 2 aliphatic carbocycles. The van der Waals surface area contributed by atoms with Gasteiger partial charge in [-0.2, -0.15) is 0 Å². The van der Waals surface area contributed by atoms with Crippen LogP contribution in [0.25, 0.3) is 5.57 Å². The number of rotatable bonds is 5. The second-order valence-electron chi connectivity index (χ2n) is 7.57. The second kappa shape index (κ2) is 7.00. The molecule has 1 atom stereocenters. The van der Waals surface area contributed by atoms with E-state index >= 15 is 0 Å². The lowest BCUT2D eigenvalue weighted by molar-refractivity contribution is 0.316. The van der Waals surface area contributed by atoms with Crippen LogP contribution in [0.3, 0.4) is 0 Å². The van der Waals surface area contributed by atoms with E-state index in [-0.39, 0.29) is 11.9 Å². The van der Waals surface area contributed by atoms with Gasteiger partial charge in [0.2, 0.25) is 0 Å². The molecule has 0 aromatic heterocycles. The highest BCUT2D eigenvalue weighted by Crippen LogP contribution is 2.34. The van der Waals surface area contributed by atoms with Gasteiger partial charge in [0, 0.05) is 12.1 Å². The summed E-state index contributed by atoms with van der Waals surface area (Å²) in [4.78, 5) is 0. The number of benzene rings is 1. The molecule has 130 valence electrons. The number of allylic oxidation sites excluding steroid dienone is 1. The summed E-state index contributed by atoms with van der Waals surface area (Å²) in [5, 5.41) is 7.05. The fourth-order valence-electron chi connectivity index (χ4n) is 4.08. The van der Waals surface area contributed by atoms with Crippen molar-refractivity contribution in [2.45, 2.75) is 65.0 Å². The van der Waals surface area contributed by atoms with Crippen LogP contribution in [-0.2, 0) is 6.42 Å². The van der Waals surface area contributed by atoms with Gasteiger partial charge in [-0.05, 0) is 86.3 Å². The van der Waals surface area contributed by atoms with Crippen molar-refractivity contribution in [3.63, 3.8) is 0 Å². The van der Waals surface area contributed by atoms with Gasteiger partial charge in [-0.1, -0.05) is 19.6 Å². The maximum atomic E-state index is 13.5. The Bertz CT molecular complexity index is 654. The van der Waals surface area contributed by atoms with Gasteiger partial charge < -0.3 is 10.6 Å². The van der Waals surface area contributed by atoms with Gasteiger partial charge in [-0.15, -0.1) is 0 Å². The summed E-state index contributed by atoms with van der Waals surface area (Å²) >= 11 is 0. The van der Waals surface area contributed by atoms with Gasteiger partial charge in [0.05, 0.1) is 5.82 Å². The Balaban J connectivity index is 1.59. The number of hydrogen-bond donors (Lipinski definition) is 2. The highest BCUT2D eigenvalue weighted by atomic mass is 19.1. The van der Waals surface area contributed by atoms with Crippen LogP contribution in [0.15, 0.2) is 36.2 Å². The van der Waals surface area contributed by atoms with Gasteiger partial charge in [-0.25, -0.2) is 4.39 Å². The van der Waals surface area contributed by atoms with Gasteiger partial charge in [0.1, 0.15) is 5.82 Å². The van der Waals surface area contributed by atoms with E-state index in [9.17, 15) is 4.39 Å². The summed E-state index contributed by atoms with van der Waals surface area (Å²) in [6, 6.07) is 5.85. The minimum Gasteiger partial charge on any atom is -0.370 e. The van der Waals surface area contributed by atoms with Crippen LogP contribution in [-0.4, -0.2) is 12.1 Å². The minimum atomic E-state index is -0.160. The average Bonchev–Trinajstić information content (AvgIpc) is 2.86. The lowest BCUT2D eigenvalue weighted by Crippen LogP contribution is -2.40. The molecule has 0 radical (unpaired) electrons. The van der Waals surface area contributed by atoms with E-state index in [4.69, 9.17) is 0 Å². The van der Waals surface area contributed by atoms with Crippen molar-refractivity contribution < 1.29 is 4.39 Å². The van der Waals surface area contributed by atoms with Crippen molar-refractivity contribution in [2.24, 2.45) is 5.92 Å². The maximum absolute atomic E-state index is 13.5. The molecule has 3 heteroatoms. The molecule has 1 saturated carbocycles. The first kappa shape index (κ1) is 17.1. The predicted octanol–water partition coefficient (Wildman–Crippen LogP) is 4.77. The highest BCUT2D eigenvalue weighted by Gasteiger charge is 2.24. The zero-order valence-electron chi connectivity index (χ0n) is 15.1. The van der Waals surface area contributed by atoms with Crippen molar-refractivity contribution in [1.82, 2.24) is 10.6 Å². The van der Waals surface area contributed by atoms with E-state index in [1.165, 1.54) is 42.4 Å². The SMILES string of the molecule is C=C(NC1CCC(C)CC1)NC(C)C1=C(C)c2cc(F)ccc2C1. The number of halogens is 1. The van der Waals surface area contributed by atoms with Crippen LogP contribution in [0.1, 0.15) is 57.6 Å². The Morgan fingerprint density at radius 1 is 1.25 bits per heavy atom. The fraction of sp³-hybridized carbons (Fsp3) is 0.524. The third-order valence-corrected chi connectivity index (χ3v) is 5.65. The van der Waals surface area contributed by atoms with Gasteiger partial charge in [0.25, 0.3) is 0 Å². The molecule has 2 aliphatic rings. The Kier molecular flexibility index (Phi) is 4.98. The molecule has 0 saturated heterocycles. The summed E-state index contributed by atoms with van der Waals surface area (Å²) in [6.45, 7) is 10.8. The van der Waals surface area contributed by atoms with E-state index in [2.05, 4.69) is 38.0 Å². The van der Waals surface area contributed by atoms with Crippen LogP contribution < -0.4 is 10.6 Å². The third kappa shape index (κ3) is 3.66. The first-order valence-electron chi connectivity index (χ1n) is 9.14. The topological polar surface area (TPSA) is 24.1 Å². The zero-order valence-corrected chi connectivity index (χ0v) is 15.1. The quantitative estimate of drug-likeness (QED) is 0.813. The first-order valence-corrected chi connectivity index (χ1v) is 9.14. The van der Waals surface area contributed by atoms with E-state index in [1.54, 1.807) is 12.1 Å². The highest BCUT2D eigenvalue weighted by molar-refractivity contribution is 5.75. The Hall–Kier alpha value is -1.77. The summed E-state index contributed by atoms with van der Waals surface area (Å²) in [6.07, 6.45) is 5.94. The molecule has 2 N–H and O–H groups in total. The average molecular weight is 328 g/mol. The molecule has 1 aromatic carbocycles. The predicted molar refractivity (Wildman–Crippen MR) is 99.0 cm³/mol. The molecule has 1 aromatic rings. The third-order valence-electron chi connectivity index (χ3n) is 5.65. The van der Waals surface area contributed by atoms with Gasteiger partial charge in [0.15, 0.2) is 0 Å². The molecule has 0 spiro atoms. The summed E-state index contributed by atoms with van der Waals surface area (Å²) in [5.74, 6) is 1.60. The Morgan fingerprint density at radius 3 is 2.67 bits per heavy atom. The van der Waals surface area contributed by atoms with Crippen molar-refractivity contribution in [3.05, 3.63) is 53.1 Å². The fourth-order valence-corrected chi connectivity index (χ4v) is 4.08. The zero-order chi connectivity index (χ0) is 17.3.